The van der Waals surface area contributed by atoms with Crippen LogP contribution in [0.4, 0.5) is 4.79 Å². The molecule has 7 fully saturated rings. The second-order valence-corrected chi connectivity index (χ2v) is 29.1. The van der Waals surface area contributed by atoms with E-state index in [0.29, 0.717) is 44.0 Å². The molecule has 0 aromatic heterocycles. The summed E-state index contributed by atoms with van der Waals surface area (Å²) in [7, 11) is 1.26. The molecule has 4 aliphatic carbocycles. The van der Waals surface area contributed by atoms with E-state index in [2.05, 4.69) is 25.2 Å². The van der Waals surface area contributed by atoms with Crippen LogP contribution in [0.25, 0.3) is 0 Å². The summed E-state index contributed by atoms with van der Waals surface area (Å²) in [4.78, 5) is 68.8. The number of hydrogen-bond donors (Lipinski definition) is 6. The molecular weight excluding hydrogens is 1210 g/mol. The predicted octanol–water partition coefficient (Wildman–Crippen LogP) is 6.68. The summed E-state index contributed by atoms with van der Waals surface area (Å²) < 4.78 is 82.6. The van der Waals surface area contributed by atoms with Crippen molar-refractivity contribution in [3.63, 3.8) is 0 Å². The number of allylic oxidation sites excluding steroid dienone is 3. The second-order valence-electron chi connectivity index (χ2n) is 29.1. The van der Waals surface area contributed by atoms with Gasteiger partial charge in [-0.15, -0.1) is 0 Å². The highest BCUT2D eigenvalue weighted by Crippen LogP contribution is 2.61. The van der Waals surface area contributed by atoms with E-state index in [0.717, 1.165) is 5.57 Å². The summed E-state index contributed by atoms with van der Waals surface area (Å²) in [6.07, 6.45) is -1.73. The van der Waals surface area contributed by atoms with Crippen molar-refractivity contribution in [2.24, 2.45) is 52.6 Å². The molecule has 520 valence electrons. The number of rotatable bonds is 14. The average Bonchev–Trinajstić information content (AvgIpc) is 1.69. The molecule has 1 saturated carbocycles. The van der Waals surface area contributed by atoms with Gasteiger partial charge in [0.1, 0.15) is 29.8 Å². The highest BCUT2D eigenvalue weighted by atomic mass is 16.8. The number of aldehydes is 1. The van der Waals surface area contributed by atoms with Gasteiger partial charge in [0.25, 0.3) is 0 Å². The maximum absolute atomic E-state index is 15.6. The van der Waals surface area contributed by atoms with E-state index in [1.165, 1.54) is 13.2 Å². The van der Waals surface area contributed by atoms with E-state index < -0.39 is 204 Å². The Kier molecular flexibility index (Phi) is 21.9. The van der Waals surface area contributed by atoms with Crippen LogP contribution in [-0.4, -0.2) is 192 Å². The number of ketones is 1. The molecule has 2 bridgehead atoms. The normalized spacial score (nSPS) is 46.9. The van der Waals surface area contributed by atoms with Crippen LogP contribution >= 0.6 is 0 Å². The number of carbonyl (C=O) groups is 5. The second kappa shape index (κ2) is 28.5. The lowest BCUT2D eigenvalue weighted by molar-refractivity contribution is -0.331. The minimum atomic E-state index is -2.13. The lowest BCUT2D eigenvalue weighted by Crippen LogP contribution is -2.66. The van der Waals surface area contributed by atoms with E-state index in [-0.39, 0.29) is 49.5 Å². The van der Waals surface area contributed by atoms with Crippen molar-refractivity contribution in [3.05, 3.63) is 58.4 Å². The SMILES string of the molecule is COC(=O)N[C@H]1[C@@H](C)O[C@@H](O[C@H]2C/C=C(\C)[C@@H]3C=C[C@@H]4[C@@H](O[C@@H]5C[C@@H](O[C@H]6CC[C@@H](O[C@@H]7C[C@@H](O)[C@@H](O[C@H]8CC[C@@H](O)[C@H](C)O8)[C@H](C)O7)[C@H](C)O6)[C@@H](OC(=O)C(C)C)[C@H](C)O5)[C@@H](C)C[C@H](C)[C@H]4[C@]3(C)C(O)=C3C(=O)O[C@]4(CC(C=O)=C[C@H](O)[C@H]4C=C2C)C3=O)C[C@]1(C)N. The molecule has 1 spiro atoms. The lowest BCUT2D eigenvalue weighted by atomic mass is 9.49. The van der Waals surface area contributed by atoms with Gasteiger partial charge in [-0.25, -0.2) is 9.59 Å². The van der Waals surface area contributed by atoms with Crippen molar-refractivity contribution in [2.75, 3.05) is 7.11 Å². The number of amides is 1. The standard InChI is InChI=1S/C69H102N2O22/c1-31(2)64(78)92-60-39(10)85-54(27-50(60)89-51-22-20-49(37(8)83-51)88-53-26-47(75)59(38(9)84-53)90-52-21-18-45(73)36(7)82-52)91-58-35(6)23-34(5)57-42(58)16-17-43-32(3)15-19-48(87-55-29-67(12,70)61(40(11)86-55)71-66(80)81-14)33(4)24-44-46(74)25-41(30-72)28-69(44)63(77)56(65(79)93-69)62(76)68(43,57)13/h15-17,24-25,30-31,34-40,42-55,57-61,73-76H,18-23,26-29,70H2,1-14H3,(H,71,80)/b32-15+,33-24?,62-56?/t34-,35-,36-,37-,38-,39-,40+,42-,43-,44+,45+,46-,47+,48-,49+,50+,51-,52-,53+,54+,55-,57+,58-,59-,60-,61-,67-,68+,69-/m0/s1. The van der Waals surface area contributed by atoms with Crippen LogP contribution in [0, 0.1) is 46.8 Å². The zero-order chi connectivity index (χ0) is 67.5. The summed E-state index contributed by atoms with van der Waals surface area (Å²) in [6, 6.07) is -0.639. The number of fused-ring (bicyclic) bond motifs is 4. The van der Waals surface area contributed by atoms with Crippen LogP contribution in [0.5, 0.6) is 0 Å². The molecule has 6 heterocycles. The fourth-order valence-corrected chi connectivity index (χ4v) is 16.9. The van der Waals surface area contributed by atoms with Crippen LogP contribution < -0.4 is 11.1 Å². The van der Waals surface area contributed by atoms with Gasteiger partial charge in [0, 0.05) is 61.3 Å². The number of hydrogen-bond acceptors (Lipinski definition) is 23. The Morgan fingerprint density at radius 1 is 0.710 bits per heavy atom. The number of aliphatic hydroxyl groups excluding tert-OH is 4. The van der Waals surface area contributed by atoms with Gasteiger partial charge in [0.2, 0.25) is 5.78 Å². The molecule has 29 atom stereocenters. The molecule has 1 amide bonds. The number of nitrogens with one attached hydrogen (secondary N) is 1. The molecule has 24 nitrogen and oxygen atoms in total. The number of nitrogens with two attached hydrogens (primary N) is 1. The highest BCUT2D eigenvalue weighted by Gasteiger charge is 2.65. The lowest BCUT2D eigenvalue weighted by Gasteiger charge is -2.56. The van der Waals surface area contributed by atoms with Crippen LogP contribution in [0.15, 0.2) is 58.4 Å². The van der Waals surface area contributed by atoms with Gasteiger partial charge in [-0.05, 0) is 116 Å². The van der Waals surface area contributed by atoms with E-state index in [1.807, 2.05) is 46.8 Å². The summed E-state index contributed by atoms with van der Waals surface area (Å²) in [5, 5.41) is 49.5. The van der Waals surface area contributed by atoms with E-state index >= 15 is 4.79 Å². The Morgan fingerprint density at radius 2 is 1.34 bits per heavy atom. The average molecular weight is 1310 g/mol. The van der Waals surface area contributed by atoms with Crippen LogP contribution in [0.1, 0.15) is 154 Å². The highest BCUT2D eigenvalue weighted by molar-refractivity contribution is 6.26. The van der Waals surface area contributed by atoms with E-state index in [1.54, 1.807) is 47.6 Å². The molecule has 24 heteroatoms. The third kappa shape index (κ3) is 14.4. The molecule has 0 radical (unpaired) electrons. The molecule has 10 rings (SSSR count). The maximum Gasteiger partial charge on any atom is 0.407 e. The van der Waals surface area contributed by atoms with Crippen molar-refractivity contribution in [3.8, 4) is 0 Å². The molecule has 7 N–H and O–H groups in total. The largest absolute Gasteiger partial charge is 0.511 e. The first-order valence-electron chi connectivity index (χ1n) is 33.7. The molecular formula is C69H102N2O22. The number of esters is 2. The number of Topliss-reactive ketones (excluding diaryl/α,β-unsaturated/α-hetero) is 1. The topological polar surface area (TPSA) is 324 Å². The molecule has 93 heavy (non-hydrogen) atoms. The number of carbonyl (C=O) groups excluding carboxylic acids is 5. The van der Waals surface area contributed by atoms with Gasteiger partial charge >= 0.3 is 18.0 Å². The summed E-state index contributed by atoms with van der Waals surface area (Å²) in [5.74, 6) is -6.32. The van der Waals surface area contributed by atoms with Crippen LogP contribution in [0.2, 0.25) is 0 Å². The van der Waals surface area contributed by atoms with Crippen LogP contribution in [-0.2, 0) is 80.8 Å². The Labute approximate surface area is 545 Å². The molecule has 6 aliphatic heterocycles. The third-order valence-corrected chi connectivity index (χ3v) is 21.8. The summed E-state index contributed by atoms with van der Waals surface area (Å²) >= 11 is 0. The zero-order valence-corrected chi connectivity index (χ0v) is 56.3. The van der Waals surface area contributed by atoms with Crippen molar-refractivity contribution in [1.29, 1.82) is 0 Å². The maximum atomic E-state index is 15.6. The number of methoxy groups -OCH3 is 1. The van der Waals surface area contributed by atoms with Crippen molar-refractivity contribution in [2.45, 2.75) is 288 Å². The molecule has 0 aromatic carbocycles. The van der Waals surface area contributed by atoms with Crippen molar-refractivity contribution >= 4 is 30.1 Å². The minimum absolute atomic E-state index is 0.0475. The van der Waals surface area contributed by atoms with Gasteiger partial charge in [0.05, 0.1) is 92.1 Å². The molecule has 0 unspecified atom stereocenters. The van der Waals surface area contributed by atoms with Gasteiger partial charge < -0.3 is 93.1 Å². The predicted molar refractivity (Wildman–Crippen MR) is 332 cm³/mol. The number of ether oxygens (including phenoxy) is 13. The quantitative estimate of drug-likeness (QED) is 0.0347. The Balaban J connectivity index is 0.906. The summed E-state index contributed by atoms with van der Waals surface area (Å²) in [5.41, 5.74) is 3.19. The summed E-state index contributed by atoms with van der Waals surface area (Å²) in [6.45, 7) is 24.2. The fraction of sp³-hybridized carbons (Fsp3) is 0.783. The minimum Gasteiger partial charge on any atom is -0.511 e. The van der Waals surface area contributed by atoms with Crippen molar-refractivity contribution in [1.82, 2.24) is 5.32 Å². The number of alkyl carbamates (subject to hydrolysis) is 1. The van der Waals surface area contributed by atoms with E-state index in [4.69, 9.17) is 67.3 Å². The Morgan fingerprint density at radius 3 is 2.00 bits per heavy atom. The third-order valence-electron chi connectivity index (χ3n) is 21.8. The van der Waals surface area contributed by atoms with Gasteiger partial charge in [-0.3, -0.25) is 14.4 Å². The fourth-order valence-electron chi connectivity index (χ4n) is 16.9. The smallest absolute Gasteiger partial charge is 0.407 e. The van der Waals surface area contributed by atoms with E-state index in [9.17, 15) is 39.6 Å². The monoisotopic (exact) mass is 1310 g/mol. The molecule has 0 aromatic rings. The Hall–Kier alpha value is -4.51. The number of aliphatic hydroxyl groups is 4. The molecule has 10 aliphatic rings. The Bertz CT molecular complexity index is 2900. The first kappa shape index (κ1) is 71.3. The van der Waals surface area contributed by atoms with Gasteiger partial charge in [-0.2, -0.15) is 0 Å². The molecule has 6 saturated heterocycles. The first-order valence-corrected chi connectivity index (χ1v) is 33.7. The zero-order valence-electron chi connectivity index (χ0n) is 56.3. The van der Waals surface area contributed by atoms with Crippen molar-refractivity contribution < 1.29 is 106 Å². The van der Waals surface area contributed by atoms with Gasteiger partial charge in [-0.1, -0.05) is 64.5 Å². The van der Waals surface area contributed by atoms with Crippen LogP contribution in [0.3, 0.4) is 0 Å². The first-order chi connectivity index (χ1) is 43.9. The van der Waals surface area contributed by atoms with Gasteiger partial charge in [0.15, 0.2) is 43.2 Å².